The van der Waals surface area contributed by atoms with E-state index in [1.807, 2.05) is 57.2 Å². The van der Waals surface area contributed by atoms with Gasteiger partial charge in [-0.25, -0.2) is 0 Å². The van der Waals surface area contributed by atoms with Gasteiger partial charge < -0.3 is 46.0 Å². The fraction of sp³-hybridized carbons (Fsp3) is 0.438. The lowest BCUT2D eigenvalue weighted by Crippen LogP contribution is -2.24. The highest BCUT2D eigenvalue weighted by molar-refractivity contribution is 5.64. The van der Waals surface area contributed by atoms with Crippen LogP contribution in [0.25, 0.3) is 0 Å². The number of phenolic OH excluding ortho intramolecular Hbond substituents is 9. The first kappa shape index (κ1) is 78.8. The van der Waals surface area contributed by atoms with Crippen LogP contribution in [0.3, 0.4) is 0 Å². The third kappa shape index (κ3) is 15.5. The summed E-state index contributed by atoms with van der Waals surface area (Å²) in [4.78, 5) is 0. The molecule has 9 nitrogen and oxygen atoms in total. The molecule has 9 aromatic carbocycles. The summed E-state index contributed by atoms with van der Waals surface area (Å²) < 4.78 is 0. The summed E-state index contributed by atoms with van der Waals surface area (Å²) in [6, 6.07) is 36.7. The molecule has 558 valence electrons. The Morgan fingerprint density at radius 1 is 0.190 bits per heavy atom. The summed E-state index contributed by atoms with van der Waals surface area (Å²) in [5.41, 5.74) is 14.8. The first-order chi connectivity index (χ1) is 48.0. The lowest BCUT2D eigenvalue weighted by Gasteiger charge is -2.33. The second-order valence-electron chi connectivity index (χ2n) is 38.9. The van der Waals surface area contributed by atoms with Gasteiger partial charge in [0, 0.05) is 54.8 Å². The van der Waals surface area contributed by atoms with E-state index in [1.54, 1.807) is 0 Å². The molecule has 1 aliphatic carbocycles. The number of hydrogen-bond acceptors (Lipinski definition) is 9. The monoisotopic (exact) mass is 1420 g/mol. The predicted molar refractivity (Wildman–Crippen MR) is 433 cm³/mol. The predicted octanol–water partition coefficient (Wildman–Crippen LogP) is 22.6. The molecular formula is C96H120O9. The topological polar surface area (TPSA) is 182 Å². The molecule has 0 radical (unpaired) electrons. The number of rotatable bonds is 0. The van der Waals surface area contributed by atoms with Crippen LogP contribution in [-0.4, -0.2) is 46.0 Å². The average molecular weight is 1420 g/mol. The summed E-state index contributed by atoms with van der Waals surface area (Å²) in [6.45, 7) is 56.6. The van der Waals surface area contributed by atoms with Gasteiger partial charge in [-0.2, -0.15) is 0 Å². The van der Waals surface area contributed by atoms with Gasteiger partial charge in [-0.3, -0.25) is 0 Å². The number of fused-ring (bicyclic) bond motifs is 18. The van der Waals surface area contributed by atoms with Gasteiger partial charge >= 0.3 is 0 Å². The third-order valence-corrected chi connectivity index (χ3v) is 22.8. The van der Waals surface area contributed by atoms with Gasteiger partial charge in [-0.1, -0.05) is 292 Å². The summed E-state index contributed by atoms with van der Waals surface area (Å²) in [5, 5.41) is 114. The van der Waals surface area contributed by atoms with E-state index in [0.717, 1.165) is 83.5 Å². The van der Waals surface area contributed by atoms with Crippen LogP contribution in [0.4, 0.5) is 0 Å². The molecule has 0 aromatic heterocycles. The van der Waals surface area contributed by atoms with Crippen LogP contribution >= 0.6 is 0 Å². The van der Waals surface area contributed by atoms with Crippen LogP contribution in [0.2, 0.25) is 0 Å². The van der Waals surface area contributed by atoms with Crippen molar-refractivity contribution in [2.75, 3.05) is 0 Å². The number of hydrogen-bond donors (Lipinski definition) is 9. The standard InChI is InChI=1S/C96H120O9/c1-52-28-55-34-61-40-67(46-73(82(61)100)88(4,5)6)94(22,23)69-42-63(84(102)75(48-69)90(10,11)12)36-57-30-53(2)32-59(80(57)98)38-65-44-71(50-77(86(65)104)92(16,17)18)96(26,27)72-45-66(87(105)78(51-72)93(19,20)21)39-60-33-54(3)31-58(81(60)99)37-64-43-70(49-76(85(64)103)91(13,14)15)95(24,25)68-41-62(35-56(29-52)79(55)97)83(101)74(47-68)89(7,8)9/h28-33,40-51,97-105H,34-39H2,1-27H3. The van der Waals surface area contributed by atoms with Crippen LogP contribution in [0.5, 0.6) is 51.7 Å². The van der Waals surface area contributed by atoms with Gasteiger partial charge in [-0.15, -0.1) is 0 Å². The molecule has 0 saturated heterocycles. The maximum atomic E-state index is 12.8. The maximum absolute atomic E-state index is 12.8. The van der Waals surface area contributed by atoms with Gasteiger partial charge in [0.15, 0.2) is 0 Å². The number of aryl methyl sites for hydroxylation is 3. The van der Waals surface area contributed by atoms with Crippen molar-refractivity contribution < 1.29 is 46.0 Å². The maximum Gasteiger partial charge on any atom is 0.122 e. The van der Waals surface area contributed by atoms with Crippen LogP contribution in [0, 0.1) is 20.8 Å². The molecule has 9 N–H and O–H groups in total. The van der Waals surface area contributed by atoms with E-state index < -0.39 is 48.7 Å². The molecule has 0 amide bonds. The van der Waals surface area contributed by atoms with Crippen LogP contribution in [-0.2, 0) is 87.3 Å². The first-order valence-electron chi connectivity index (χ1n) is 37.6. The van der Waals surface area contributed by atoms with Crippen molar-refractivity contribution in [3.05, 3.63) is 259 Å². The smallest absolute Gasteiger partial charge is 0.122 e. The Morgan fingerprint density at radius 3 is 0.419 bits per heavy atom. The molecule has 0 aliphatic heterocycles. The Kier molecular flexibility index (Phi) is 20.2. The quantitative estimate of drug-likeness (QED) is 0.0714. The second-order valence-corrected chi connectivity index (χ2v) is 38.9. The summed E-state index contributed by atoms with van der Waals surface area (Å²) >= 11 is 0. The summed E-state index contributed by atoms with van der Waals surface area (Å²) in [5.74, 6) is 1.06. The van der Waals surface area contributed by atoms with Gasteiger partial charge in [0.1, 0.15) is 51.7 Å². The number of phenols is 9. The molecule has 0 atom stereocenters. The molecular weight excluding hydrogens is 1300 g/mol. The molecule has 0 fully saturated rings. The van der Waals surface area contributed by atoms with E-state index in [1.165, 1.54) is 0 Å². The first-order valence-corrected chi connectivity index (χ1v) is 37.6. The largest absolute Gasteiger partial charge is 0.507 e. The van der Waals surface area contributed by atoms with E-state index in [-0.39, 0.29) is 90.3 Å². The van der Waals surface area contributed by atoms with Crippen molar-refractivity contribution in [2.24, 2.45) is 0 Å². The van der Waals surface area contributed by atoms with Gasteiger partial charge in [-0.05, 0) is 187 Å². The van der Waals surface area contributed by atoms with Crippen molar-refractivity contribution in [1.29, 1.82) is 0 Å². The molecule has 9 heteroatoms. The van der Waals surface area contributed by atoms with E-state index >= 15 is 0 Å². The van der Waals surface area contributed by atoms with Crippen molar-refractivity contribution in [3.63, 3.8) is 0 Å². The average Bonchev–Trinajstić information content (AvgIpc) is 0.760. The zero-order chi connectivity index (χ0) is 78.3. The van der Waals surface area contributed by atoms with Gasteiger partial charge in [0.25, 0.3) is 0 Å². The Hall–Kier alpha value is -8.82. The molecule has 0 heterocycles. The van der Waals surface area contributed by atoms with E-state index in [2.05, 4.69) is 239 Å². The lowest BCUT2D eigenvalue weighted by molar-refractivity contribution is 0.435. The Balaban J connectivity index is 1.25. The normalized spacial score (nSPS) is 15.3. The highest BCUT2D eigenvalue weighted by atomic mass is 16.3. The van der Waals surface area contributed by atoms with Crippen molar-refractivity contribution in [2.45, 2.75) is 274 Å². The third-order valence-electron chi connectivity index (χ3n) is 22.8. The van der Waals surface area contributed by atoms with Gasteiger partial charge in [0.2, 0.25) is 0 Å². The highest BCUT2D eigenvalue weighted by Crippen LogP contribution is 2.51. The minimum Gasteiger partial charge on any atom is -0.507 e. The molecule has 0 saturated carbocycles. The fourth-order valence-corrected chi connectivity index (χ4v) is 15.9. The molecule has 105 heavy (non-hydrogen) atoms. The van der Waals surface area contributed by atoms with Crippen LogP contribution < -0.4 is 0 Å². The summed E-state index contributed by atoms with van der Waals surface area (Å²) in [7, 11) is 0. The zero-order valence-electron chi connectivity index (χ0n) is 68.2. The minimum absolute atomic E-state index is 0.0663. The van der Waals surface area contributed by atoms with Gasteiger partial charge in [0.05, 0.1) is 0 Å². The molecule has 0 unspecified atom stereocenters. The number of benzene rings is 9. The molecule has 10 rings (SSSR count). The summed E-state index contributed by atoms with van der Waals surface area (Å²) in [6.07, 6.45) is 1.10. The molecule has 9 aromatic rings. The molecule has 0 spiro atoms. The number of aromatic hydroxyl groups is 9. The zero-order valence-corrected chi connectivity index (χ0v) is 68.2. The minimum atomic E-state index is -0.748. The van der Waals surface area contributed by atoms with E-state index in [0.29, 0.717) is 66.8 Å². The Morgan fingerprint density at radius 2 is 0.305 bits per heavy atom. The highest BCUT2D eigenvalue weighted by Gasteiger charge is 2.38. The molecule has 1 aliphatic rings. The lowest BCUT2D eigenvalue weighted by atomic mass is 9.71. The van der Waals surface area contributed by atoms with E-state index in [9.17, 15) is 46.0 Å². The Labute approximate surface area is 627 Å². The second kappa shape index (κ2) is 26.9. The Bertz CT molecular complexity index is 4140. The van der Waals surface area contributed by atoms with Crippen molar-refractivity contribution in [1.82, 2.24) is 0 Å². The van der Waals surface area contributed by atoms with E-state index in [4.69, 9.17) is 0 Å². The van der Waals surface area contributed by atoms with Crippen LogP contribution in [0.1, 0.15) is 316 Å². The van der Waals surface area contributed by atoms with Crippen molar-refractivity contribution in [3.8, 4) is 51.7 Å². The fourth-order valence-electron chi connectivity index (χ4n) is 15.9. The molecule has 18 bridgehead atoms. The van der Waals surface area contributed by atoms with Crippen LogP contribution in [0.15, 0.2) is 109 Å². The van der Waals surface area contributed by atoms with Crippen molar-refractivity contribution >= 4 is 0 Å². The SMILES string of the molecule is Cc1cc2c(O)c(c1)Cc1cc(cc(C(C)(C)C)c1O)C(C)(C)c1cc(c(O)c(C(C)(C)C)c1)Cc1cc(C)cc(c1O)Cc1cc(cc(C(C)(C)C)c1O)C(C)(C)c1cc(c(O)c(C(C)(C)C)c1)Cc1cc(C)cc(c1O)Cc1cc(cc(C(C)(C)C)c1O)C(C)(C)c1cc(c(O)c(C(C)(C)C)c1)C2.